The SMILES string of the molecule is CCN1CCOCC1.CNc1ccc(C)cc1.Cl. The number of ether oxygens (including phenoxy) is 1. The van der Waals surface area contributed by atoms with E-state index in [2.05, 4.69) is 48.3 Å². The lowest BCUT2D eigenvalue weighted by Gasteiger charge is -2.24. The molecular formula is C14H25ClN2O. The lowest BCUT2D eigenvalue weighted by molar-refractivity contribution is 0.0405. The van der Waals surface area contributed by atoms with Crippen LogP contribution in [0.1, 0.15) is 12.5 Å². The molecule has 1 heterocycles. The molecule has 104 valence electrons. The first kappa shape index (κ1) is 17.2. The van der Waals surface area contributed by atoms with Gasteiger partial charge < -0.3 is 10.1 Å². The molecule has 0 atom stereocenters. The summed E-state index contributed by atoms with van der Waals surface area (Å²) in [7, 11) is 1.92. The summed E-state index contributed by atoms with van der Waals surface area (Å²) in [5.74, 6) is 0. The first-order valence-electron chi connectivity index (χ1n) is 6.30. The number of aryl methyl sites for hydroxylation is 1. The summed E-state index contributed by atoms with van der Waals surface area (Å²) in [4.78, 5) is 2.39. The highest BCUT2D eigenvalue weighted by molar-refractivity contribution is 5.85. The number of nitrogens with zero attached hydrogens (tertiary/aromatic N) is 1. The van der Waals surface area contributed by atoms with Gasteiger partial charge in [0.15, 0.2) is 0 Å². The van der Waals surface area contributed by atoms with Crippen molar-refractivity contribution in [1.29, 1.82) is 0 Å². The van der Waals surface area contributed by atoms with Gasteiger partial charge in [0.2, 0.25) is 0 Å². The van der Waals surface area contributed by atoms with Crippen LogP contribution in [0, 0.1) is 6.92 Å². The van der Waals surface area contributed by atoms with Crippen molar-refractivity contribution < 1.29 is 4.74 Å². The minimum absolute atomic E-state index is 0. The minimum Gasteiger partial charge on any atom is -0.388 e. The van der Waals surface area contributed by atoms with Gasteiger partial charge in [0, 0.05) is 25.8 Å². The second-order valence-corrected chi connectivity index (χ2v) is 4.16. The molecule has 0 radical (unpaired) electrons. The maximum atomic E-state index is 5.16. The van der Waals surface area contributed by atoms with E-state index in [9.17, 15) is 0 Å². The Morgan fingerprint density at radius 2 is 1.72 bits per heavy atom. The molecule has 0 saturated carbocycles. The van der Waals surface area contributed by atoms with E-state index in [1.807, 2.05) is 7.05 Å². The van der Waals surface area contributed by atoms with Crippen molar-refractivity contribution >= 4 is 18.1 Å². The maximum absolute atomic E-state index is 5.16. The standard InChI is InChI=1S/C8H11N.C6H13NO.ClH/c1-7-3-5-8(9-2)6-4-7;1-2-7-3-5-8-6-4-7;/h3-6,9H,1-2H3;2-6H2,1H3;1H. The summed E-state index contributed by atoms with van der Waals surface area (Å²) in [5.41, 5.74) is 2.47. The van der Waals surface area contributed by atoms with Gasteiger partial charge in [-0.3, -0.25) is 4.90 Å². The Hall–Kier alpha value is -0.770. The third-order valence-electron chi connectivity index (χ3n) is 2.89. The second kappa shape index (κ2) is 10.2. The van der Waals surface area contributed by atoms with Crippen LogP contribution >= 0.6 is 12.4 Å². The van der Waals surface area contributed by atoms with E-state index in [-0.39, 0.29) is 12.4 Å². The zero-order valence-electron chi connectivity index (χ0n) is 11.6. The number of morpholine rings is 1. The molecule has 1 saturated heterocycles. The number of benzene rings is 1. The van der Waals surface area contributed by atoms with E-state index in [0.29, 0.717) is 0 Å². The number of nitrogens with one attached hydrogen (secondary N) is 1. The van der Waals surface area contributed by atoms with Gasteiger partial charge in [-0.15, -0.1) is 12.4 Å². The highest BCUT2D eigenvalue weighted by atomic mass is 35.5. The summed E-state index contributed by atoms with van der Waals surface area (Å²) >= 11 is 0. The Morgan fingerprint density at radius 3 is 2.11 bits per heavy atom. The van der Waals surface area contributed by atoms with Crippen molar-refractivity contribution in [3.8, 4) is 0 Å². The lowest BCUT2D eigenvalue weighted by Crippen LogP contribution is -2.35. The molecule has 1 aliphatic rings. The van der Waals surface area contributed by atoms with E-state index >= 15 is 0 Å². The Labute approximate surface area is 117 Å². The summed E-state index contributed by atoms with van der Waals surface area (Å²) in [6, 6.07) is 8.31. The van der Waals surface area contributed by atoms with Gasteiger partial charge in [-0.05, 0) is 25.6 Å². The lowest BCUT2D eigenvalue weighted by atomic mass is 10.2. The number of hydrogen-bond acceptors (Lipinski definition) is 3. The molecule has 0 spiro atoms. The summed E-state index contributed by atoms with van der Waals surface area (Å²) in [6.07, 6.45) is 0. The first-order valence-corrected chi connectivity index (χ1v) is 6.30. The smallest absolute Gasteiger partial charge is 0.0594 e. The van der Waals surface area contributed by atoms with Gasteiger partial charge in [0.1, 0.15) is 0 Å². The van der Waals surface area contributed by atoms with Crippen molar-refractivity contribution in [2.45, 2.75) is 13.8 Å². The molecule has 3 nitrogen and oxygen atoms in total. The van der Waals surface area contributed by atoms with E-state index in [0.717, 1.165) is 26.3 Å². The van der Waals surface area contributed by atoms with Crippen LogP contribution in [0.2, 0.25) is 0 Å². The Bertz CT molecular complexity index is 297. The molecule has 1 fully saturated rings. The van der Waals surface area contributed by atoms with Crippen LogP contribution in [-0.2, 0) is 4.74 Å². The molecule has 4 heteroatoms. The third kappa shape index (κ3) is 6.84. The van der Waals surface area contributed by atoms with Crippen molar-refractivity contribution in [2.75, 3.05) is 45.2 Å². The third-order valence-corrected chi connectivity index (χ3v) is 2.89. The Balaban J connectivity index is 0.000000306. The molecule has 0 aliphatic carbocycles. The predicted molar refractivity (Wildman–Crippen MR) is 80.9 cm³/mol. The topological polar surface area (TPSA) is 24.5 Å². The fourth-order valence-corrected chi connectivity index (χ4v) is 1.64. The van der Waals surface area contributed by atoms with Gasteiger partial charge in [0.25, 0.3) is 0 Å². The Morgan fingerprint density at radius 1 is 1.17 bits per heavy atom. The van der Waals surface area contributed by atoms with Gasteiger partial charge in [0.05, 0.1) is 13.2 Å². The molecule has 0 bridgehead atoms. The molecule has 1 N–H and O–H groups in total. The van der Waals surface area contributed by atoms with Crippen molar-refractivity contribution in [1.82, 2.24) is 4.90 Å². The van der Waals surface area contributed by atoms with Crippen molar-refractivity contribution in [3.63, 3.8) is 0 Å². The van der Waals surface area contributed by atoms with Gasteiger partial charge >= 0.3 is 0 Å². The Kier molecular flexibility index (Phi) is 9.74. The van der Waals surface area contributed by atoms with E-state index < -0.39 is 0 Å². The van der Waals surface area contributed by atoms with Crippen LogP contribution in [0.3, 0.4) is 0 Å². The summed E-state index contributed by atoms with van der Waals surface area (Å²) in [5, 5.41) is 3.05. The van der Waals surface area contributed by atoms with E-state index in [4.69, 9.17) is 4.74 Å². The second-order valence-electron chi connectivity index (χ2n) is 4.16. The van der Waals surface area contributed by atoms with Gasteiger partial charge in [-0.25, -0.2) is 0 Å². The highest BCUT2D eigenvalue weighted by Crippen LogP contribution is 2.06. The largest absolute Gasteiger partial charge is 0.388 e. The van der Waals surface area contributed by atoms with Crippen LogP contribution in [0.15, 0.2) is 24.3 Å². The summed E-state index contributed by atoms with van der Waals surface area (Å²) < 4.78 is 5.16. The number of likely N-dealkylation sites (N-methyl/N-ethyl adjacent to an activating group) is 1. The highest BCUT2D eigenvalue weighted by Gasteiger charge is 2.05. The average Bonchev–Trinajstić information content (AvgIpc) is 2.41. The van der Waals surface area contributed by atoms with Gasteiger partial charge in [-0.2, -0.15) is 0 Å². The minimum atomic E-state index is 0. The molecule has 18 heavy (non-hydrogen) atoms. The fraction of sp³-hybridized carbons (Fsp3) is 0.571. The van der Waals surface area contributed by atoms with E-state index in [1.54, 1.807) is 0 Å². The van der Waals surface area contributed by atoms with Crippen LogP contribution in [0.25, 0.3) is 0 Å². The normalized spacial score (nSPS) is 15.1. The maximum Gasteiger partial charge on any atom is 0.0594 e. The van der Waals surface area contributed by atoms with Gasteiger partial charge in [-0.1, -0.05) is 24.6 Å². The van der Waals surface area contributed by atoms with Crippen LogP contribution in [0.5, 0.6) is 0 Å². The zero-order valence-corrected chi connectivity index (χ0v) is 12.4. The number of hydrogen-bond donors (Lipinski definition) is 1. The molecule has 0 amide bonds. The molecule has 1 aliphatic heterocycles. The monoisotopic (exact) mass is 272 g/mol. The molecule has 1 aromatic rings. The fourth-order valence-electron chi connectivity index (χ4n) is 1.64. The number of rotatable bonds is 2. The van der Waals surface area contributed by atoms with Crippen molar-refractivity contribution in [2.24, 2.45) is 0 Å². The number of anilines is 1. The molecule has 2 rings (SSSR count). The molecular weight excluding hydrogens is 248 g/mol. The zero-order chi connectivity index (χ0) is 12.5. The predicted octanol–water partition coefficient (Wildman–Crippen LogP) is 2.80. The van der Waals surface area contributed by atoms with Crippen LogP contribution in [-0.4, -0.2) is 44.8 Å². The average molecular weight is 273 g/mol. The number of halogens is 1. The molecule has 0 unspecified atom stereocenters. The molecule has 0 aromatic heterocycles. The summed E-state index contributed by atoms with van der Waals surface area (Å²) in [6.45, 7) is 9.53. The quantitative estimate of drug-likeness (QED) is 0.896. The molecule has 1 aromatic carbocycles. The van der Waals surface area contributed by atoms with Crippen LogP contribution in [0.4, 0.5) is 5.69 Å². The van der Waals surface area contributed by atoms with Crippen molar-refractivity contribution in [3.05, 3.63) is 29.8 Å². The van der Waals surface area contributed by atoms with Crippen LogP contribution < -0.4 is 5.32 Å². The first-order chi connectivity index (χ1) is 8.26. The van der Waals surface area contributed by atoms with E-state index in [1.165, 1.54) is 17.8 Å².